The molecule has 0 aliphatic heterocycles. The molecule has 2 rings (SSSR count). The number of hydrogen-bond donors (Lipinski definition) is 1. The predicted octanol–water partition coefficient (Wildman–Crippen LogP) is 2.89. The van der Waals surface area contributed by atoms with Gasteiger partial charge in [-0.05, 0) is 36.9 Å². The maximum atomic E-state index is 12.1. The van der Waals surface area contributed by atoms with Crippen LogP contribution in [0.5, 0.6) is 5.75 Å². The highest BCUT2D eigenvalue weighted by molar-refractivity contribution is 5.28. The second-order valence-corrected chi connectivity index (χ2v) is 5.30. The molecule has 1 unspecified atom stereocenters. The third-order valence-electron chi connectivity index (χ3n) is 3.45. The Labute approximate surface area is 134 Å². The summed E-state index contributed by atoms with van der Waals surface area (Å²) < 4.78 is 28.5. The Bertz CT molecular complexity index is 579. The zero-order valence-corrected chi connectivity index (χ0v) is 12.9. The Balaban J connectivity index is 1.82. The summed E-state index contributed by atoms with van der Waals surface area (Å²) in [7, 11) is 1.92. The third kappa shape index (κ3) is 5.92. The van der Waals surface area contributed by atoms with Crippen LogP contribution in [0.1, 0.15) is 17.4 Å². The molecule has 4 nitrogen and oxygen atoms in total. The lowest BCUT2D eigenvalue weighted by molar-refractivity contribution is -0.0498. The fraction of sp³-hybridized carbons (Fsp3) is 0.353. The quantitative estimate of drug-likeness (QED) is 0.812. The molecule has 6 heteroatoms. The minimum absolute atomic E-state index is 0.0828. The van der Waals surface area contributed by atoms with Crippen molar-refractivity contribution in [3.05, 3.63) is 59.9 Å². The van der Waals surface area contributed by atoms with Gasteiger partial charge in [0, 0.05) is 31.4 Å². The lowest BCUT2D eigenvalue weighted by Gasteiger charge is -2.20. The van der Waals surface area contributed by atoms with E-state index in [-0.39, 0.29) is 5.75 Å². The summed E-state index contributed by atoms with van der Waals surface area (Å²) in [6.07, 6.45) is 1.86. The first-order valence-corrected chi connectivity index (χ1v) is 7.36. The lowest BCUT2D eigenvalue weighted by Crippen LogP contribution is -2.27. The molecule has 1 atom stereocenters. The summed E-state index contributed by atoms with van der Waals surface area (Å²) in [6.45, 7) is -1.63. The molecule has 1 aromatic heterocycles. The van der Waals surface area contributed by atoms with E-state index < -0.39 is 12.7 Å². The van der Waals surface area contributed by atoms with Gasteiger partial charge in [0.25, 0.3) is 0 Å². The second-order valence-electron chi connectivity index (χ2n) is 5.30. The fourth-order valence-electron chi connectivity index (χ4n) is 2.21. The number of ether oxygens (including phenoxy) is 1. The molecule has 2 aromatic rings. The van der Waals surface area contributed by atoms with Crippen LogP contribution in [0, 0.1) is 0 Å². The van der Waals surface area contributed by atoms with Crippen LogP contribution in [0.4, 0.5) is 8.78 Å². The number of rotatable bonds is 8. The van der Waals surface area contributed by atoms with Gasteiger partial charge in [0.15, 0.2) is 0 Å². The number of benzene rings is 1. The molecule has 0 radical (unpaired) electrons. The fourth-order valence-corrected chi connectivity index (χ4v) is 2.21. The molecule has 0 spiro atoms. The van der Waals surface area contributed by atoms with Crippen molar-refractivity contribution in [2.24, 2.45) is 0 Å². The Morgan fingerprint density at radius 3 is 2.52 bits per heavy atom. The van der Waals surface area contributed by atoms with Gasteiger partial charge < -0.3 is 14.7 Å². The molecule has 0 fully saturated rings. The van der Waals surface area contributed by atoms with E-state index in [1.807, 2.05) is 30.1 Å². The zero-order chi connectivity index (χ0) is 16.7. The highest BCUT2D eigenvalue weighted by atomic mass is 19.3. The number of pyridine rings is 1. The maximum absolute atomic E-state index is 12.1. The van der Waals surface area contributed by atoms with Crippen molar-refractivity contribution in [1.82, 2.24) is 9.88 Å². The summed E-state index contributed by atoms with van der Waals surface area (Å²) in [5, 5.41) is 10.2. The van der Waals surface area contributed by atoms with Gasteiger partial charge >= 0.3 is 6.61 Å². The van der Waals surface area contributed by atoms with Gasteiger partial charge in [0.2, 0.25) is 0 Å². The van der Waals surface area contributed by atoms with Crippen LogP contribution >= 0.6 is 0 Å². The van der Waals surface area contributed by atoms with E-state index in [4.69, 9.17) is 0 Å². The average Bonchev–Trinajstić information content (AvgIpc) is 2.54. The van der Waals surface area contributed by atoms with E-state index in [1.54, 1.807) is 18.3 Å². The first-order valence-electron chi connectivity index (χ1n) is 7.36. The van der Waals surface area contributed by atoms with Crippen molar-refractivity contribution < 1.29 is 18.6 Å². The summed E-state index contributed by atoms with van der Waals surface area (Å²) in [6, 6.07) is 11.8. The van der Waals surface area contributed by atoms with Crippen LogP contribution < -0.4 is 4.74 Å². The molecule has 124 valence electrons. The van der Waals surface area contributed by atoms with Crippen LogP contribution in [0.3, 0.4) is 0 Å². The van der Waals surface area contributed by atoms with Crippen molar-refractivity contribution >= 4 is 0 Å². The van der Waals surface area contributed by atoms with E-state index in [9.17, 15) is 13.9 Å². The standard InChI is InChI=1S/C17H20F2N2O2/c1-21(11-9-14-4-2-3-10-20-14)12-16(22)13-5-7-15(8-6-13)23-17(18)19/h2-8,10,16-17,22H,9,11-12H2,1H3. The molecule has 0 amide bonds. The Hall–Kier alpha value is -2.05. The number of likely N-dealkylation sites (N-methyl/N-ethyl adjacent to an activating group) is 1. The molecule has 1 aromatic carbocycles. The van der Waals surface area contributed by atoms with E-state index in [2.05, 4.69) is 9.72 Å². The minimum atomic E-state index is -2.84. The van der Waals surface area contributed by atoms with Crippen LogP contribution in [0.15, 0.2) is 48.7 Å². The van der Waals surface area contributed by atoms with Gasteiger partial charge in [-0.2, -0.15) is 8.78 Å². The minimum Gasteiger partial charge on any atom is -0.435 e. The number of halogens is 2. The second kappa shape index (κ2) is 8.55. The first kappa shape index (κ1) is 17.3. The van der Waals surface area contributed by atoms with Crippen molar-refractivity contribution in [3.63, 3.8) is 0 Å². The van der Waals surface area contributed by atoms with E-state index in [0.717, 1.165) is 18.7 Å². The Kier molecular flexibility index (Phi) is 6.43. The molecular formula is C17H20F2N2O2. The molecular weight excluding hydrogens is 302 g/mol. The number of alkyl halides is 2. The normalized spacial score (nSPS) is 12.6. The molecule has 23 heavy (non-hydrogen) atoms. The molecule has 0 aliphatic carbocycles. The number of aliphatic hydroxyl groups excluding tert-OH is 1. The van der Waals surface area contributed by atoms with Crippen LogP contribution in [-0.4, -0.2) is 41.7 Å². The monoisotopic (exact) mass is 322 g/mol. The van der Waals surface area contributed by atoms with Crippen LogP contribution in [0.2, 0.25) is 0 Å². The zero-order valence-electron chi connectivity index (χ0n) is 12.9. The van der Waals surface area contributed by atoms with Gasteiger partial charge in [-0.15, -0.1) is 0 Å². The Morgan fingerprint density at radius 2 is 1.91 bits per heavy atom. The Morgan fingerprint density at radius 1 is 1.17 bits per heavy atom. The summed E-state index contributed by atoms with van der Waals surface area (Å²) in [5.41, 5.74) is 1.67. The van der Waals surface area contributed by atoms with Crippen LogP contribution in [0.25, 0.3) is 0 Å². The van der Waals surface area contributed by atoms with Crippen LogP contribution in [-0.2, 0) is 6.42 Å². The van der Waals surface area contributed by atoms with Gasteiger partial charge in [0.05, 0.1) is 6.10 Å². The molecule has 1 heterocycles. The van der Waals surface area contributed by atoms with Crippen molar-refractivity contribution in [2.45, 2.75) is 19.1 Å². The number of aliphatic hydroxyl groups is 1. The SMILES string of the molecule is CN(CCc1ccccn1)CC(O)c1ccc(OC(F)F)cc1. The maximum Gasteiger partial charge on any atom is 0.387 e. The lowest BCUT2D eigenvalue weighted by atomic mass is 10.1. The first-order chi connectivity index (χ1) is 11.0. The third-order valence-corrected chi connectivity index (χ3v) is 3.45. The largest absolute Gasteiger partial charge is 0.435 e. The van der Waals surface area contributed by atoms with Crippen molar-refractivity contribution in [3.8, 4) is 5.75 Å². The highest BCUT2D eigenvalue weighted by Crippen LogP contribution is 2.19. The summed E-state index contributed by atoms with van der Waals surface area (Å²) in [5.74, 6) is 0.0828. The van der Waals surface area contributed by atoms with Gasteiger partial charge in [-0.25, -0.2) is 0 Å². The van der Waals surface area contributed by atoms with Gasteiger partial charge in [0.1, 0.15) is 5.75 Å². The van der Waals surface area contributed by atoms with Gasteiger partial charge in [-0.1, -0.05) is 18.2 Å². The molecule has 0 saturated heterocycles. The molecule has 1 N–H and O–H groups in total. The number of aromatic nitrogens is 1. The van der Waals surface area contributed by atoms with Crippen molar-refractivity contribution in [2.75, 3.05) is 20.1 Å². The molecule has 0 aliphatic rings. The predicted molar refractivity (Wildman–Crippen MR) is 83.5 cm³/mol. The smallest absolute Gasteiger partial charge is 0.387 e. The van der Waals surface area contributed by atoms with E-state index in [0.29, 0.717) is 12.1 Å². The average molecular weight is 322 g/mol. The highest BCUT2D eigenvalue weighted by Gasteiger charge is 2.12. The molecule has 0 bridgehead atoms. The topological polar surface area (TPSA) is 45.6 Å². The molecule has 0 saturated carbocycles. The van der Waals surface area contributed by atoms with Gasteiger partial charge in [-0.3, -0.25) is 4.98 Å². The number of hydrogen-bond acceptors (Lipinski definition) is 4. The number of nitrogens with zero attached hydrogens (tertiary/aromatic N) is 2. The summed E-state index contributed by atoms with van der Waals surface area (Å²) in [4.78, 5) is 6.26. The van der Waals surface area contributed by atoms with E-state index >= 15 is 0 Å². The summed E-state index contributed by atoms with van der Waals surface area (Å²) >= 11 is 0. The van der Waals surface area contributed by atoms with Crippen molar-refractivity contribution in [1.29, 1.82) is 0 Å². The van der Waals surface area contributed by atoms with E-state index in [1.165, 1.54) is 12.1 Å².